The van der Waals surface area contributed by atoms with Gasteiger partial charge in [0.1, 0.15) is 0 Å². The molecule has 11 heavy (non-hydrogen) atoms. The van der Waals surface area contributed by atoms with E-state index in [0.29, 0.717) is 0 Å². The summed E-state index contributed by atoms with van der Waals surface area (Å²) < 4.78 is 0. The monoisotopic (exact) mass is 155 g/mol. The smallest absolute Gasteiger partial charge is 0.0133 e. The summed E-state index contributed by atoms with van der Waals surface area (Å²) in [5.41, 5.74) is 0. The fourth-order valence-electron chi connectivity index (χ4n) is 2.17. The van der Waals surface area contributed by atoms with Gasteiger partial charge in [0.15, 0.2) is 0 Å². The molecule has 1 saturated heterocycles. The average molecular weight is 155 g/mol. The van der Waals surface area contributed by atoms with Gasteiger partial charge in [-0.1, -0.05) is 27.7 Å². The van der Waals surface area contributed by atoms with E-state index in [1.165, 1.54) is 6.42 Å². The van der Waals surface area contributed by atoms with E-state index >= 15 is 0 Å². The lowest BCUT2D eigenvalue weighted by atomic mass is 9.80. The van der Waals surface area contributed by atoms with Crippen LogP contribution in [0.1, 0.15) is 34.1 Å². The minimum Gasteiger partial charge on any atom is -0.300 e. The minimum atomic E-state index is 0.829. The Morgan fingerprint density at radius 1 is 1.00 bits per heavy atom. The van der Waals surface area contributed by atoms with Crippen LogP contribution in [-0.4, -0.2) is 24.0 Å². The van der Waals surface area contributed by atoms with Crippen LogP contribution in [0.25, 0.3) is 0 Å². The molecule has 0 aromatic carbocycles. The molecule has 0 aliphatic carbocycles. The van der Waals surface area contributed by atoms with Crippen LogP contribution in [0.2, 0.25) is 0 Å². The normalized spacial score (nSPS) is 33.0. The van der Waals surface area contributed by atoms with Gasteiger partial charge in [-0.25, -0.2) is 0 Å². The topological polar surface area (TPSA) is 3.24 Å². The molecule has 66 valence electrons. The third kappa shape index (κ3) is 1.58. The average Bonchev–Trinajstić information content (AvgIpc) is 1.82. The van der Waals surface area contributed by atoms with E-state index in [4.69, 9.17) is 0 Å². The van der Waals surface area contributed by atoms with Gasteiger partial charge in [0.05, 0.1) is 0 Å². The van der Waals surface area contributed by atoms with Crippen molar-refractivity contribution in [2.24, 2.45) is 11.8 Å². The van der Waals surface area contributed by atoms with Gasteiger partial charge in [-0.2, -0.15) is 0 Å². The van der Waals surface area contributed by atoms with E-state index in [-0.39, 0.29) is 0 Å². The van der Waals surface area contributed by atoms with E-state index in [0.717, 1.165) is 23.9 Å². The highest BCUT2D eigenvalue weighted by Gasteiger charge is 2.38. The first-order chi connectivity index (χ1) is 5.04. The third-order valence-corrected chi connectivity index (χ3v) is 3.07. The summed E-state index contributed by atoms with van der Waals surface area (Å²) in [6, 6.07) is 1.70. The summed E-state index contributed by atoms with van der Waals surface area (Å²) in [5.74, 6) is 1.66. The Kier molecular flexibility index (Phi) is 2.58. The van der Waals surface area contributed by atoms with Crippen LogP contribution in [0.3, 0.4) is 0 Å². The summed E-state index contributed by atoms with van der Waals surface area (Å²) in [5, 5.41) is 0. The first kappa shape index (κ1) is 9.05. The van der Waals surface area contributed by atoms with Crippen LogP contribution in [-0.2, 0) is 0 Å². The summed E-state index contributed by atoms with van der Waals surface area (Å²) >= 11 is 0. The third-order valence-electron chi connectivity index (χ3n) is 3.07. The molecule has 0 bridgehead atoms. The van der Waals surface area contributed by atoms with E-state index in [9.17, 15) is 0 Å². The highest BCUT2D eigenvalue weighted by atomic mass is 15.2. The van der Waals surface area contributed by atoms with Crippen LogP contribution >= 0.6 is 0 Å². The quantitative estimate of drug-likeness (QED) is 0.592. The summed E-state index contributed by atoms with van der Waals surface area (Å²) in [6.45, 7) is 9.27. The maximum absolute atomic E-state index is 2.54. The maximum Gasteiger partial charge on any atom is 0.0133 e. The zero-order chi connectivity index (χ0) is 8.59. The van der Waals surface area contributed by atoms with Crippen LogP contribution in [0.4, 0.5) is 0 Å². The van der Waals surface area contributed by atoms with E-state index in [1.807, 2.05) is 0 Å². The van der Waals surface area contributed by atoms with Gasteiger partial charge in [-0.05, 0) is 25.3 Å². The van der Waals surface area contributed by atoms with Crippen molar-refractivity contribution in [2.45, 2.75) is 46.2 Å². The van der Waals surface area contributed by atoms with Gasteiger partial charge in [0, 0.05) is 12.1 Å². The second kappa shape index (κ2) is 3.14. The molecular weight excluding hydrogens is 134 g/mol. The molecule has 1 nitrogen and oxygen atoms in total. The number of hydrogen-bond donors (Lipinski definition) is 0. The number of nitrogens with zero attached hydrogens (tertiary/aromatic N) is 1. The molecule has 1 aliphatic heterocycles. The van der Waals surface area contributed by atoms with E-state index < -0.39 is 0 Å². The van der Waals surface area contributed by atoms with Gasteiger partial charge in [-0.15, -0.1) is 0 Å². The van der Waals surface area contributed by atoms with Crippen molar-refractivity contribution in [3.63, 3.8) is 0 Å². The molecule has 0 spiro atoms. The molecule has 0 amide bonds. The molecule has 2 unspecified atom stereocenters. The molecule has 1 fully saturated rings. The Hall–Kier alpha value is -0.0400. The summed E-state index contributed by atoms with van der Waals surface area (Å²) in [6.07, 6.45) is 1.41. The molecule has 1 aliphatic rings. The highest BCUT2D eigenvalue weighted by Crippen LogP contribution is 2.33. The Bertz CT molecular complexity index is 115. The van der Waals surface area contributed by atoms with Gasteiger partial charge >= 0.3 is 0 Å². The fraction of sp³-hybridized carbons (Fsp3) is 1.00. The van der Waals surface area contributed by atoms with Crippen molar-refractivity contribution in [2.75, 3.05) is 7.05 Å². The standard InChI is InChI=1S/C10H21N/c1-7(2)9-6-10(8(3)4)11(9)5/h7-10H,6H2,1-5H3. The van der Waals surface area contributed by atoms with Crippen molar-refractivity contribution >= 4 is 0 Å². The Labute approximate surface area is 70.8 Å². The number of likely N-dealkylation sites (tertiary alicyclic amines) is 1. The van der Waals surface area contributed by atoms with Crippen LogP contribution in [0, 0.1) is 11.8 Å². The number of rotatable bonds is 2. The van der Waals surface area contributed by atoms with Gasteiger partial charge in [0.2, 0.25) is 0 Å². The maximum atomic E-state index is 2.54. The molecule has 2 atom stereocenters. The van der Waals surface area contributed by atoms with Crippen molar-refractivity contribution in [1.82, 2.24) is 4.90 Å². The summed E-state index contributed by atoms with van der Waals surface area (Å²) in [4.78, 5) is 2.54. The first-order valence-corrected chi connectivity index (χ1v) is 4.76. The first-order valence-electron chi connectivity index (χ1n) is 4.76. The van der Waals surface area contributed by atoms with Crippen molar-refractivity contribution in [1.29, 1.82) is 0 Å². The lowest BCUT2D eigenvalue weighted by Gasteiger charge is -2.50. The Morgan fingerprint density at radius 2 is 1.36 bits per heavy atom. The molecule has 1 heterocycles. The molecule has 0 saturated carbocycles. The van der Waals surface area contributed by atoms with Crippen molar-refractivity contribution in [3.8, 4) is 0 Å². The van der Waals surface area contributed by atoms with Crippen LogP contribution < -0.4 is 0 Å². The fourth-order valence-corrected chi connectivity index (χ4v) is 2.17. The Balaban J connectivity index is 2.38. The molecule has 0 N–H and O–H groups in total. The predicted octanol–water partition coefficient (Wildman–Crippen LogP) is 2.37. The van der Waals surface area contributed by atoms with Gasteiger partial charge in [0.25, 0.3) is 0 Å². The molecule has 1 heteroatoms. The minimum absolute atomic E-state index is 0.829. The second-order valence-corrected chi connectivity index (χ2v) is 4.52. The van der Waals surface area contributed by atoms with Crippen LogP contribution in [0.15, 0.2) is 0 Å². The molecule has 1 rings (SSSR count). The largest absolute Gasteiger partial charge is 0.300 e. The molecule has 0 radical (unpaired) electrons. The highest BCUT2D eigenvalue weighted by molar-refractivity contribution is 4.93. The van der Waals surface area contributed by atoms with Gasteiger partial charge < -0.3 is 0 Å². The molecular formula is C10H21N. The lowest BCUT2D eigenvalue weighted by Crippen LogP contribution is -2.57. The van der Waals surface area contributed by atoms with E-state index in [2.05, 4.69) is 39.6 Å². The summed E-state index contributed by atoms with van der Waals surface area (Å²) in [7, 11) is 2.26. The zero-order valence-corrected chi connectivity index (χ0v) is 8.46. The van der Waals surface area contributed by atoms with Crippen molar-refractivity contribution < 1.29 is 0 Å². The SMILES string of the molecule is CC(C)C1CC(C(C)C)N1C. The molecule has 0 aromatic rings. The van der Waals surface area contributed by atoms with Gasteiger partial charge in [-0.3, -0.25) is 4.90 Å². The predicted molar refractivity (Wildman–Crippen MR) is 49.6 cm³/mol. The zero-order valence-electron chi connectivity index (χ0n) is 8.46. The van der Waals surface area contributed by atoms with Crippen LogP contribution in [0.5, 0.6) is 0 Å². The van der Waals surface area contributed by atoms with E-state index in [1.54, 1.807) is 0 Å². The lowest BCUT2D eigenvalue weighted by molar-refractivity contribution is -0.0111. The van der Waals surface area contributed by atoms with Crippen molar-refractivity contribution in [3.05, 3.63) is 0 Å². The second-order valence-electron chi connectivity index (χ2n) is 4.52. The molecule has 0 aromatic heterocycles. The number of hydrogen-bond acceptors (Lipinski definition) is 1. The Morgan fingerprint density at radius 3 is 1.55 bits per heavy atom.